The van der Waals surface area contributed by atoms with Gasteiger partial charge in [-0.2, -0.15) is 5.10 Å². The highest BCUT2D eigenvalue weighted by Gasteiger charge is 2.14. The Labute approximate surface area is 98.0 Å². The third kappa shape index (κ3) is 3.61. The molecular weight excluding hydrogens is 202 g/mol. The van der Waals surface area contributed by atoms with Gasteiger partial charge in [-0.05, 0) is 19.9 Å². The summed E-state index contributed by atoms with van der Waals surface area (Å²) in [6, 6.07) is 2.84. The van der Waals surface area contributed by atoms with Gasteiger partial charge < -0.3 is 10.1 Å². The van der Waals surface area contributed by atoms with Crippen molar-refractivity contribution in [1.29, 1.82) is 0 Å². The Kier molecular flexibility index (Phi) is 4.96. The second-order valence-electron chi connectivity index (χ2n) is 4.54. The van der Waals surface area contributed by atoms with Crippen LogP contribution in [0.3, 0.4) is 0 Å². The normalized spacial score (nSPS) is 13.4. The summed E-state index contributed by atoms with van der Waals surface area (Å²) in [6.45, 7) is 9.95. The molecule has 1 aromatic heterocycles. The van der Waals surface area contributed by atoms with Crippen molar-refractivity contribution in [2.75, 3.05) is 20.3 Å². The third-order valence-corrected chi connectivity index (χ3v) is 2.51. The van der Waals surface area contributed by atoms with Gasteiger partial charge in [-0.25, -0.2) is 0 Å². The lowest BCUT2D eigenvalue weighted by Crippen LogP contribution is -2.33. The minimum atomic E-state index is 0.265. The Morgan fingerprint density at radius 2 is 2.12 bits per heavy atom. The number of aromatic nitrogens is 2. The van der Waals surface area contributed by atoms with Gasteiger partial charge in [0.15, 0.2) is 0 Å². The molecule has 0 fully saturated rings. The molecule has 1 N–H and O–H groups in total. The summed E-state index contributed by atoms with van der Waals surface area (Å²) in [5, 5.41) is 7.93. The lowest BCUT2D eigenvalue weighted by molar-refractivity contribution is 0.146. The van der Waals surface area contributed by atoms with E-state index in [1.807, 2.05) is 11.6 Å². The lowest BCUT2D eigenvalue weighted by Gasteiger charge is -2.20. The molecule has 0 saturated heterocycles. The van der Waals surface area contributed by atoms with E-state index in [1.54, 1.807) is 7.11 Å². The number of ether oxygens (including phenoxy) is 1. The molecule has 0 bridgehead atoms. The molecule has 4 heteroatoms. The van der Waals surface area contributed by atoms with Gasteiger partial charge in [0, 0.05) is 25.4 Å². The lowest BCUT2D eigenvalue weighted by atomic mass is 10.2. The van der Waals surface area contributed by atoms with Crippen LogP contribution in [0.25, 0.3) is 0 Å². The Morgan fingerprint density at radius 3 is 2.56 bits per heavy atom. The summed E-state index contributed by atoms with van der Waals surface area (Å²) in [4.78, 5) is 0. The molecule has 1 aromatic rings. The molecule has 1 atom stereocenters. The van der Waals surface area contributed by atoms with E-state index >= 15 is 0 Å². The first-order chi connectivity index (χ1) is 7.54. The number of nitrogens with zero attached hydrogens (tertiary/aromatic N) is 2. The van der Waals surface area contributed by atoms with Crippen molar-refractivity contribution in [2.45, 2.75) is 39.8 Å². The van der Waals surface area contributed by atoms with Crippen LogP contribution in [0.4, 0.5) is 0 Å². The van der Waals surface area contributed by atoms with Gasteiger partial charge in [0.25, 0.3) is 0 Å². The van der Waals surface area contributed by atoms with Crippen LogP contribution in [0.15, 0.2) is 6.07 Å². The fourth-order valence-electron chi connectivity index (χ4n) is 1.80. The second kappa shape index (κ2) is 6.01. The van der Waals surface area contributed by atoms with E-state index in [0.29, 0.717) is 12.6 Å². The fourth-order valence-corrected chi connectivity index (χ4v) is 1.80. The number of hydrogen-bond acceptors (Lipinski definition) is 3. The zero-order valence-corrected chi connectivity index (χ0v) is 10.9. The predicted molar refractivity (Wildman–Crippen MR) is 65.8 cm³/mol. The molecule has 0 radical (unpaired) electrons. The largest absolute Gasteiger partial charge is 0.382 e. The molecule has 1 rings (SSSR count). The summed E-state index contributed by atoms with van der Waals surface area (Å²) >= 11 is 0. The summed E-state index contributed by atoms with van der Waals surface area (Å²) < 4.78 is 7.30. The maximum Gasteiger partial charge on any atom is 0.0879 e. The van der Waals surface area contributed by atoms with Crippen LogP contribution in [0, 0.1) is 13.8 Å². The van der Waals surface area contributed by atoms with E-state index in [-0.39, 0.29) is 6.04 Å². The first-order valence-corrected chi connectivity index (χ1v) is 5.79. The van der Waals surface area contributed by atoms with Gasteiger partial charge in [0.2, 0.25) is 0 Å². The van der Waals surface area contributed by atoms with E-state index in [0.717, 1.165) is 12.2 Å². The van der Waals surface area contributed by atoms with E-state index in [9.17, 15) is 0 Å². The third-order valence-electron chi connectivity index (χ3n) is 2.51. The zero-order chi connectivity index (χ0) is 12.1. The van der Waals surface area contributed by atoms with Gasteiger partial charge >= 0.3 is 0 Å². The molecule has 1 unspecified atom stereocenters. The summed E-state index contributed by atoms with van der Waals surface area (Å²) in [6.07, 6.45) is 0. The molecule has 4 nitrogen and oxygen atoms in total. The highest BCUT2D eigenvalue weighted by Crippen LogP contribution is 2.11. The maximum atomic E-state index is 5.25. The zero-order valence-electron chi connectivity index (χ0n) is 10.9. The smallest absolute Gasteiger partial charge is 0.0879 e. The number of rotatable bonds is 6. The molecule has 1 heterocycles. The Balaban J connectivity index is 2.72. The van der Waals surface area contributed by atoms with Crippen molar-refractivity contribution >= 4 is 0 Å². The summed E-state index contributed by atoms with van der Waals surface area (Å²) in [5.74, 6) is 0. The first-order valence-electron chi connectivity index (χ1n) is 5.79. The van der Waals surface area contributed by atoms with Gasteiger partial charge in [-0.1, -0.05) is 13.8 Å². The number of nitrogens with one attached hydrogen (secondary N) is 1. The standard InChI is InChI=1S/C12H23N3O/c1-9(2)13-7-12(8-16-5)15-11(4)6-10(3)14-15/h6,9,12-13H,7-8H2,1-5H3. The molecule has 0 aromatic carbocycles. The monoisotopic (exact) mass is 225 g/mol. The molecule has 0 aliphatic carbocycles. The number of aryl methyl sites for hydroxylation is 2. The summed E-state index contributed by atoms with van der Waals surface area (Å²) in [7, 11) is 1.73. The van der Waals surface area contributed by atoms with Crippen molar-refractivity contribution in [3.8, 4) is 0 Å². The van der Waals surface area contributed by atoms with Crippen LogP contribution in [0.5, 0.6) is 0 Å². The van der Waals surface area contributed by atoms with E-state index in [2.05, 4.69) is 37.3 Å². The minimum Gasteiger partial charge on any atom is -0.382 e. The summed E-state index contributed by atoms with van der Waals surface area (Å²) in [5.41, 5.74) is 2.24. The first kappa shape index (κ1) is 13.2. The Hall–Kier alpha value is -0.870. The van der Waals surface area contributed by atoms with Crippen LogP contribution in [-0.2, 0) is 4.74 Å². The molecule has 0 saturated carbocycles. The molecule has 0 aliphatic heterocycles. The van der Waals surface area contributed by atoms with E-state index < -0.39 is 0 Å². The highest BCUT2D eigenvalue weighted by atomic mass is 16.5. The Bertz CT molecular complexity index is 320. The minimum absolute atomic E-state index is 0.265. The second-order valence-corrected chi connectivity index (χ2v) is 4.54. The van der Waals surface area contributed by atoms with Crippen molar-refractivity contribution < 1.29 is 4.74 Å². The average molecular weight is 225 g/mol. The highest BCUT2D eigenvalue weighted by molar-refractivity contribution is 5.07. The van der Waals surface area contributed by atoms with Gasteiger partial charge in [0.05, 0.1) is 18.3 Å². The van der Waals surface area contributed by atoms with Gasteiger partial charge in [-0.15, -0.1) is 0 Å². The molecular formula is C12H23N3O. The average Bonchev–Trinajstić information content (AvgIpc) is 2.52. The number of hydrogen-bond donors (Lipinski definition) is 1. The van der Waals surface area contributed by atoms with Crippen molar-refractivity contribution in [1.82, 2.24) is 15.1 Å². The SMILES string of the molecule is COCC(CNC(C)C)n1nc(C)cc1C. The van der Waals surface area contributed by atoms with Crippen LogP contribution in [0.1, 0.15) is 31.3 Å². The topological polar surface area (TPSA) is 39.1 Å². The van der Waals surface area contributed by atoms with E-state index in [4.69, 9.17) is 4.74 Å². The van der Waals surface area contributed by atoms with Crippen molar-refractivity contribution in [3.05, 3.63) is 17.5 Å². The van der Waals surface area contributed by atoms with Crippen molar-refractivity contribution in [3.63, 3.8) is 0 Å². The van der Waals surface area contributed by atoms with Crippen LogP contribution >= 0.6 is 0 Å². The molecule has 0 spiro atoms. The van der Waals surface area contributed by atoms with Gasteiger partial charge in [0.1, 0.15) is 0 Å². The maximum absolute atomic E-state index is 5.25. The van der Waals surface area contributed by atoms with Gasteiger partial charge in [-0.3, -0.25) is 4.68 Å². The van der Waals surface area contributed by atoms with Crippen LogP contribution in [-0.4, -0.2) is 36.1 Å². The van der Waals surface area contributed by atoms with Crippen LogP contribution in [0.2, 0.25) is 0 Å². The molecule has 0 amide bonds. The molecule has 92 valence electrons. The Morgan fingerprint density at radius 1 is 1.44 bits per heavy atom. The predicted octanol–water partition coefficient (Wildman–Crippen LogP) is 1.69. The number of methoxy groups -OCH3 is 1. The fraction of sp³-hybridized carbons (Fsp3) is 0.750. The molecule has 0 aliphatic rings. The molecule has 16 heavy (non-hydrogen) atoms. The quantitative estimate of drug-likeness (QED) is 0.800. The van der Waals surface area contributed by atoms with E-state index in [1.165, 1.54) is 5.69 Å². The van der Waals surface area contributed by atoms with Crippen LogP contribution < -0.4 is 5.32 Å². The van der Waals surface area contributed by atoms with Crippen molar-refractivity contribution in [2.24, 2.45) is 0 Å².